The molecule has 1 aliphatic rings. The lowest BCUT2D eigenvalue weighted by atomic mass is 10.3. The van der Waals surface area contributed by atoms with Gasteiger partial charge < -0.3 is 20.1 Å². The van der Waals surface area contributed by atoms with Crippen molar-refractivity contribution in [3.63, 3.8) is 0 Å². The van der Waals surface area contributed by atoms with E-state index in [0.29, 0.717) is 29.4 Å². The normalized spacial score (nSPS) is 19.4. The fourth-order valence-electron chi connectivity index (χ4n) is 2.24. The molecule has 0 aromatic carbocycles. The van der Waals surface area contributed by atoms with Crippen molar-refractivity contribution in [3.05, 3.63) is 21.1 Å². The summed E-state index contributed by atoms with van der Waals surface area (Å²) in [5.74, 6) is 0. The summed E-state index contributed by atoms with van der Waals surface area (Å²) in [7, 11) is 1.29. The Morgan fingerprint density at radius 3 is 3.00 bits per heavy atom. The largest absolute Gasteiger partial charge is 0.453 e. The number of carbonyl (C=O) groups is 1. The van der Waals surface area contributed by atoms with Crippen molar-refractivity contribution >= 4 is 28.1 Å². The zero-order valence-corrected chi connectivity index (χ0v) is 12.6. The zero-order valence-electron chi connectivity index (χ0n) is 11.7. The summed E-state index contributed by atoms with van der Waals surface area (Å²) in [5.41, 5.74) is -0.00498. The molecule has 0 spiro atoms. The number of nitro groups is 1. The molecule has 9 heteroatoms. The van der Waals surface area contributed by atoms with Crippen molar-refractivity contribution < 1.29 is 19.6 Å². The Kier molecular flexibility index (Phi) is 4.63. The molecule has 0 radical (unpaired) electrons. The van der Waals surface area contributed by atoms with Gasteiger partial charge in [0.05, 0.1) is 24.2 Å². The predicted octanol–water partition coefficient (Wildman–Crippen LogP) is 1.64. The van der Waals surface area contributed by atoms with Crippen LogP contribution in [0.2, 0.25) is 0 Å². The maximum atomic E-state index is 11.2. The first-order chi connectivity index (χ1) is 9.92. The van der Waals surface area contributed by atoms with Crippen LogP contribution in [0.3, 0.4) is 0 Å². The third-order valence-corrected chi connectivity index (χ3v) is 4.66. The fraction of sp³-hybridized carbons (Fsp3) is 0.583. The molecule has 2 atom stereocenters. The van der Waals surface area contributed by atoms with Crippen LogP contribution >= 0.6 is 11.3 Å². The van der Waals surface area contributed by atoms with Crippen molar-refractivity contribution in [2.24, 2.45) is 0 Å². The number of aliphatic hydroxyl groups is 1. The van der Waals surface area contributed by atoms with E-state index in [1.807, 2.05) is 4.90 Å². The van der Waals surface area contributed by atoms with Crippen LogP contribution in [-0.2, 0) is 4.74 Å². The highest BCUT2D eigenvalue weighted by Crippen LogP contribution is 2.41. The van der Waals surface area contributed by atoms with Gasteiger partial charge >= 0.3 is 11.8 Å². The van der Waals surface area contributed by atoms with E-state index in [2.05, 4.69) is 10.1 Å². The minimum atomic E-state index is -0.742. The second kappa shape index (κ2) is 6.27. The van der Waals surface area contributed by atoms with Crippen LogP contribution in [0.15, 0.2) is 6.07 Å². The van der Waals surface area contributed by atoms with E-state index < -0.39 is 17.1 Å². The Bertz CT molecular complexity index is 545. The Morgan fingerprint density at radius 1 is 1.71 bits per heavy atom. The van der Waals surface area contributed by atoms with Gasteiger partial charge in [-0.25, -0.2) is 4.79 Å². The Morgan fingerprint density at radius 2 is 2.43 bits per heavy atom. The molecule has 8 nitrogen and oxygen atoms in total. The number of anilines is 1. The lowest BCUT2D eigenvalue weighted by molar-refractivity contribution is -0.383. The van der Waals surface area contributed by atoms with E-state index in [4.69, 9.17) is 0 Å². The maximum Gasteiger partial charge on any atom is 0.407 e. The fourth-order valence-corrected chi connectivity index (χ4v) is 3.34. The zero-order chi connectivity index (χ0) is 15.6. The number of amides is 1. The number of hydrogen-bond donors (Lipinski definition) is 2. The Balaban J connectivity index is 2.15. The van der Waals surface area contributed by atoms with E-state index in [0.717, 1.165) is 0 Å². The molecule has 1 aromatic rings. The first kappa shape index (κ1) is 15.5. The highest BCUT2D eigenvalue weighted by atomic mass is 32.1. The number of aliphatic hydroxyl groups excluding tert-OH is 1. The molecular weight excluding hydrogens is 298 g/mol. The molecule has 1 saturated heterocycles. The van der Waals surface area contributed by atoms with Crippen LogP contribution in [0.4, 0.5) is 15.5 Å². The smallest absolute Gasteiger partial charge is 0.407 e. The van der Waals surface area contributed by atoms with Crippen molar-refractivity contribution in [1.82, 2.24) is 5.32 Å². The maximum absolute atomic E-state index is 11.2. The summed E-state index contributed by atoms with van der Waals surface area (Å²) < 4.78 is 4.54. The van der Waals surface area contributed by atoms with Crippen LogP contribution < -0.4 is 10.2 Å². The van der Waals surface area contributed by atoms with Crippen LogP contribution in [0.1, 0.15) is 24.3 Å². The number of thiophene rings is 1. The molecule has 1 fully saturated rings. The average Bonchev–Trinajstić information content (AvgIpc) is 3.04. The van der Waals surface area contributed by atoms with Crippen molar-refractivity contribution in [2.75, 3.05) is 25.1 Å². The quantitative estimate of drug-likeness (QED) is 0.646. The summed E-state index contributed by atoms with van der Waals surface area (Å²) >= 11 is 1.21. The van der Waals surface area contributed by atoms with Crippen LogP contribution in [-0.4, -0.2) is 42.4 Å². The van der Waals surface area contributed by atoms with Crippen molar-refractivity contribution in [1.29, 1.82) is 0 Å². The highest BCUT2D eigenvalue weighted by molar-refractivity contribution is 7.16. The van der Waals surface area contributed by atoms with Gasteiger partial charge in [-0.3, -0.25) is 10.1 Å². The first-order valence-corrected chi connectivity index (χ1v) is 7.29. The van der Waals surface area contributed by atoms with E-state index >= 15 is 0 Å². The summed E-state index contributed by atoms with van der Waals surface area (Å²) in [6, 6.07) is 1.31. The van der Waals surface area contributed by atoms with Gasteiger partial charge in [0, 0.05) is 24.0 Å². The standard InChI is InChI=1S/C12H17N3O5S/c1-7(16)10-5-9(15(18)19)11(21-10)14-4-3-8(6-14)13-12(17)20-2/h5,7-8,16H,3-4,6H2,1-2H3,(H,13,17)/t7-,8?/m0/s1. The molecule has 1 aromatic heterocycles. The molecule has 116 valence electrons. The first-order valence-electron chi connectivity index (χ1n) is 6.48. The molecule has 1 unspecified atom stereocenters. The Hall–Kier alpha value is -1.87. The topological polar surface area (TPSA) is 105 Å². The molecule has 0 bridgehead atoms. The van der Waals surface area contributed by atoms with E-state index in [1.54, 1.807) is 6.92 Å². The second-order valence-corrected chi connectivity index (χ2v) is 5.90. The minimum Gasteiger partial charge on any atom is -0.453 e. The summed E-state index contributed by atoms with van der Waals surface area (Å²) in [4.78, 5) is 24.3. The molecule has 2 rings (SSSR count). The summed E-state index contributed by atoms with van der Waals surface area (Å²) in [6.07, 6.45) is -0.560. The monoisotopic (exact) mass is 315 g/mol. The van der Waals surface area contributed by atoms with Gasteiger partial charge in [0.1, 0.15) is 0 Å². The van der Waals surface area contributed by atoms with Gasteiger partial charge in [-0.15, -0.1) is 11.3 Å². The predicted molar refractivity (Wildman–Crippen MR) is 77.8 cm³/mol. The molecule has 2 heterocycles. The number of methoxy groups -OCH3 is 1. The van der Waals surface area contributed by atoms with Crippen LogP contribution in [0.5, 0.6) is 0 Å². The molecule has 0 saturated carbocycles. The van der Waals surface area contributed by atoms with Gasteiger partial charge in [-0.1, -0.05) is 0 Å². The molecule has 21 heavy (non-hydrogen) atoms. The SMILES string of the molecule is COC(=O)NC1CCN(c2sc([C@H](C)O)cc2[N+](=O)[O-])C1. The lowest BCUT2D eigenvalue weighted by Crippen LogP contribution is -2.36. The van der Waals surface area contributed by atoms with Gasteiger partial charge in [-0.2, -0.15) is 0 Å². The number of rotatable bonds is 4. The molecule has 0 aliphatic carbocycles. The number of ether oxygens (including phenoxy) is 1. The minimum absolute atomic E-state index is 0.00498. The van der Waals surface area contributed by atoms with Gasteiger partial charge in [0.15, 0.2) is 5.00 Å². The third-order valence-electron chi connectivity index (χ3n) is 3.30. The molecule has 1 amide bonds. The van der Waals surface area contributed by atoms with Crippen molar-refractivity contribution in [2.45, 2.75) is 25.5 Å². The summed E-state index contributed by atoms with van der Waals surface area (Å²) in [6.45, 7) is 2.66. The van der Waals surface area contributed by atoms with Crippen LogP contribution in [0.25, 0.3) is 0 Å². The lowest BCUT2D eigenvalue weighted by Gasteiger charge is -2.16. The molecule has 1 aliphatic heterocycles. The highest BCUT2D eigenvalue weighted by Gasteiger charge is 2.31. The van der Waals surface area contributed by atoms with Crippen molar-refractivity contribution in [3.8, 4) is 0 Å². The van der Waals surface area contributed by atoms with E-state index in [-0.39, 0.29) is 11.7 Å². The van der Waals surface area contributed by atoms with Crippen LogP contribution in [0, 0.1) is 10.1 Å². The number of nitrogens with zero attached hydrogens (tertiary/aromatic N) is 2. The molecule has 2 N–H and O–H groups in total. The Labute approximate surface area is 125 Å². The average molecular weight is 315 g/mol. The number of carbonyl (C=O) groups excluding carboxylic acids is 1. The number of alkyl carbamates (subject to hydrolysis) is 1. The molecular formula is C12H17N3O5S. The third kappa shape index (κ3) is 3.42. The summed E-state index contributed by atoms with van der Waals surface area (Å²) in [5, 5.41) is 23.9. The number of hydrogen-bond acceptors (Lipinski definition) is 7. The number of nitrogens with one attached hydrogen (secondary N) is 1. The van der Waals surface area contributed by atoms with E-state index in [1.165, 1.54) is 24.5 Å². The van der Waals surface area contributed by atoms with Gasteiger partial charge in [-0.05, 0) is 13.3 Å². The second-order valence-electron chi connectivity index (χ2n) is 4.84. The van der Waals surface area contributed by atoms with Gasteiger partial charge in [0.25, 0.3) is 0 Å². The van der Waals surface area contributed by atoms with Gasteiger partial charge in [0.2, 0.25) is 0 Å². The van der Waals surface area contributed by atoms with E-state index in [9.17, 15) is 20.0 Å².